The number of hydrogen-bond acceptors (Lipinski definition) is 4. The summed E-state index contributed by atoms with van der Waals surface area (Å²) in [5.41, 5.74) is 2.38. The fraction of sp³-hybridized carbons (Fsp3) is 0.0714. The van der Waals surface area contributed by atoms with Crippen molar-refractivity contribution in [3.05, 3.63) is 54.1 Å². The van der Waals surface area contributed by atoms with Crippen LogP contribution in [0.15, 0.2) is 53.4 Å². The van der Waals surface area contributed by atoms with Gasteiger partial charge in [-0.3, -0.25) is 8.98 Å². The Labute approximate surface area is 111 Å². The molecule has 0 bridgehead atoms. The fourth-order valence-electron chi connectivity index (χ4n) is 1.66. The predicted molar refractivity (Wildman–Crippen MR) is 71.5 cm³/mol. The summed E-state index contributed by atoms with van der Waals surface area (Å²) < 4.78 is 27.4. The summed E-state index contributed by atoms with van der Waals surface area (Å²) in [5.74, 6) is 0. The van der Waals surface area contributed by atoms with Gasteiger partial charge in [0.15, 0.2) is 0 Å². The van der Waals surface area contributed by atoms with Gasteiger partial charge in [-0.05, 0) is 23.3 Å². The summed E-state index contributed by atoms with van der Waals surface area (Å²) in [4.78, 5) is 10.7. The molecule has 0 saturated carbocycles. The highest BCUT2D eigenvalue weighted by Crippen LogP contribution is 2.22. The molecule has 5 heteroatoms. The standard InChI is InChI=1S/C14H12O4S/c1-18-19(16,17)14-8-6-13(7-9-14)12-4-2-11(10-15)3-5-12/h2-10H,1H3. The molecule has 0 amide bonds. The lowest BCUT2D eigenvalue weighted by atomic mass is 10.0. The zero-order valence-electron chi connectivity index (χ0n) is 10.2. The third-order valence-corrected chi connectivity index (χ3v) is 4.03. The molecule has 19 heavy (non-hydrogen) atoms. The molecule has 0 spiro atoms. The molecule has 0 unspecified atom stereocenters. The maximum absolute atomic E-state index is 11.5. The van der Waals surface area contributed by atoms with E-state index in [-0.39, 0.29) is 4.90 Å². The molecular formula is C14H12O4S. The van der Waals surface area contributed by atoms with E-state index >= 15 is 0 Å². The van der Waals surface area contributed by atoms with Gasteiger partial charge in [-0.25, -0.2) is 0 Å². The van der Waals surface area contributed by atoms with Crippen molar-refractivity contribution in [3.63, 3.8) is 0 Å². The molecule has 0 aliphatic carbocycles. The SMILES string of the molecule is COS(=O)(=O)c1ccc(-c2ccc(C=O)cc2)cc1. The van der Waals surface area contributed by atoms with Gasteiger partial charge in [0, 0.05) is 5.56 Å². The Morgan fingerprint density at radius 1 is 0.895 bits per heavy atom. The number of aldehydes is 1. The van der Waals surface area contributed by atoms with Gasteiger partial charge in [-0.2, -0.15) is 8.42 Å². The minimum Gasteiger partial charge on any atom is -0.298 e. The minimum absolute atomic E-state index is 0.114. The Morgan fingerprint density at radius 2 is 1.37 bits per heavy atom. The molecule has 0 aliphatic heterocycles. The molecule has 2 rings (SSSR count). The lowest BCUT2D eigenvalue weighted by Crippen LogP contribution is -2.02. The van der Waals surface area contributed by atoms with Gasteiger partial charge < -0.3 is 0 Å². The van der Waals surface area contributed by atoms with Gasteiger partial charge in [-0.1, -0.05) is 36.4 Å². The largest absolute Gasteiger partial charge is 0.298 e. The van der Waals surface area contributed by atoms with Crippen molar-refractivity contribution in [2.45, 2.75) is 4.90 Å². The fourth-order valence-corrected chi connectivity index (χ4v) is 2.33. The monoisotopic (exact) mass is 276 g/mol. The first-order valence-electron chi connectivity index (χ1n) is 5.53. The van der Waals surface area contributed by atoms with E-state index in [4.69, 9.17) is 0 Å². The summed E-state index contributed by atoms with van der Waals surface area (Å²) in [6, 6.07) is 13.4. The molecule has 0 aliphatic rings. The first kappa shape index (κ1) is 13.5. The van der Waals surface area contributed by atoms with Crippen molar-refractivity contribution in [1.82, 2.24) is 0 Å². The summed E-state index contributed by atoms with van der Waals surface area (Å²) >= 11 is 0. The van der Waals surface area contributed by atoms with Crippen molar-refractivity contribution >= 4 is 16.4 Å². The van der Waals surface area contributed by atoms with Crippen LogP contribution in [0.2, 0.25) is 0 Å². The molecule has 0 atom stereocenters. The Morgan fingerprint density at radius 3 is 1.79 bits per heavy atom. The molecule has 0 N–H and O–H groups in total. The molecule has 4 nitrogen and oxygen atoms in total. The Bertz CT molecular complexity index is 670. The topological polar surface area (TPSA) is 60.4 Å². The molecule has 0 aromatic heterocycles. The number of benzene rings is 2. The maximum Gasteiger partial charge on any atom is 0.296 e. The molecule has 2 aromatic rings. The molecule has 0 heterocycles. The van der Waals surface area contributed by atoms with Crippen LogP contribution in [0.5, 0.6) is 0 Å². The van der Waals surface area contributed by atoms with Crippen LogP contribution in [0.1, 0.15) is 10.4 Å². The lowest BCUT2D eigenvalue weighted by molar-refractivity contribution is 0.112. The lowest BCUT2D eigenvalue weighted by Gasteiger charge is -2.04. The van der Waals surface area contributed by atoms with Crippen molar-refractivity contribution < 1.29 is 17.4 Å². The van der Waals surface area contributed by atoms with Crippen LogP contribution in [-0.4, -0.2) is 21.8 Å². The second-order valence-electron chi connectivity index (χ2n) is 3.89. The summed E-state index contributed by atoms with van der Waals surface area (Å²) in [5, 5.41) is 0. The average molecular weight is 276 g/mol. The minimum atomic E-state index is -3.65. The van der Waals surface area contributed by atoms with E-state index < -0.39 is 10.1 Å². The van der Waals surface area contributed by atoms with Crippen molar-refractivity contribution in [3.8, 4) is 11.1 Å². The van der Waals surface area contributed by atoms with Crippen LogP contribution >= 0.6 is 0 Å². The van der Waals surface area contributed by atoms with Crippen molar-refractivity contribution in [2.24, 2.45) is 0 Å². The normalized spacial score (nSPS) is 11.2. The maximum atomic E-state index is 11.5. The van der Waals surface area contributed by atoms with Crippen LogP contribution < -0.4 is 0 Å². The van der Waals surface area contributed by atoms with Crippen LogP contribution in [0.25, 0.3) is 11.1 Å². The number of carbonyl (C=O) groups excluding carboxylic acids is 1. The molecule has 98 valence electrons. The number of rotatable bonds is 4. The van der Waals surface area contributed by atoms with Crippen LogP contribution in [0.4, 0.5) is 0 Å². The highest BCUT2D eigenvalue weighted by Gasteiger charge is 2.12. The molecule has 0 fully saturated rings. The Hall–Kier alpha value is -1.98. The van der Waals surface area contributed by atoms with E-state index in [1.165, 1.54) is 12.1 Å². The Balaban J connectivity index is 2.34. The van der Waals surface area contributed by atoms with Gasteiger partial charge >= 0.3 is 0 Å². The third-order valence-electron chi connectivity index (χ3n) is 2.74. The third kappa shape index (κ3) is 2.89. The van der Waals surface area contributed by atoms with Crippen molar-refractivity contribution in [1.29, 1.82) is 0 Å². The smallest absolute Gasteiger partial charge is 0.296 e. The predicted octanol–water partition coefficient (Wildman–Crippen LogP) is 2.50. The summed E-state index contributed by atoms with van der Waals surface area (Å²) in [6.07, 6.45) is 0.776. The average Bonchev–Trinajstić information content (AvgIpc) is 2.47. The van der Waals surface area contributed by atoms with Gasteiger partial charge in [-0.15, -0.1) is 0 Å². The van der Waals surface area contributed by atoms with E-state index in [1.54, 1.807) is 24.3 Å². The highest BCUT2D eigenvalue weighted by molar-refractivity contribution is 7.86. The van der Waals surface area contributed by atoms with E-state index in [0.717, 1.165) is 24.5 Å². The first-order chi connectivity index (χ1) is 9.06. The summed E-state index contributed by atoms with van der Waals surface area (Å²) in [7, 11) is -2.53. The van der Waals surface area contributed by atoms with Gasteiger partial charge in [0.1, 0.15) is 6.29 Å². The molecule has 2 aromatic carbocycles. The van der Waals surface area contributed by atoms with E-state index in [9.17, 15) is 13.2 Å². The second-order valence-corrected chi connectivity index (χ2v) is 5.60. The molecular weight excluding hydrogens is 264 g/mol. The van der Waals surface area contributed by atoms with Gasteiger partial charge in [0.05, 0.1) is 12.0 Å². The molecule has 0 saturated heterocycles. The quantitative estimate of drug-likeness (QED) is 0.636. The van der Waals surface area contributed by atoms with Crippen LogP contribution in [0, 0.1) is 0 Å². The van der Waals surface area contributed by atoms with E-state index in [1.807, 2.05) is 12.1 Å². The van der Waals surface area contributed by atoms with Crippen molar-refractivity contribution in [2.75, 3.05) is 7.11 Å². The number of carbonyl (C=O) groups is 1. The summed E-state index contributed by atoms with van der Waals surface area (Å²) in [6.45, 7) is 0. The van der Waals surface area contributed by atoms with E-state index in [2.05, 4.69) is 4.18 Å². The first-order valence-corrected chi connectivity index (χ1v) is 6.94. The Kier molecular flexibility index (Phi) is 3.78. The zero-order chi connectivity index (χ0) is 13.9. The van der Waals surface area contributed by atoms with Crippen LogP contribution in [0.3, 0.4) is 0 Å². The molecule has 0 radical (unpaired) electrons. The number of hydrogen-bond donors (Lipinski definition) is 0. The zero-order valence-corrected chi connectivity index (χ0v) is 11.1. The highest BCUT2D eigenvalue weighted by atomic mass is 32.2. The second kappa shape index (κ2) is 5.34. The van der Waals surface area contributed by atoms with E-state index in [0.29, 0.717) is 5.56 Å². The van der Waals surface area contributed by atoms with Gasteiger partial charge in [0.2, 0.25) is 0 Å². The van der Waals surface area contributed by atoms with Gasteiger partial charge in [0.25, 0.3) is 10.1 Å². The van der Waals surface area contributed by atoms with Crippen LogP contribution in [-0.2, 0) is 14.3 Å².